The topological polar surface area (TPSA) is 76.5 Å². The summed E-state index contributed by atoms with van der Waals surface area (Å²) in [4.78, 5) is 8.26. The Morgan fingerprint density at radius 2 is 2.05 bits per heavy atom. The number of rotatable bonds is 7. The molecule has 2 rings (SSSR count). The minimum absolute atomic E-state index is 0.0594. The van der Waals surface area contributed by atoms with Crippen LogP contribution in [0.3, 0.4) is 0 Å². The van der Waals surface area contributed by atoms with Gasteiger partial charge in [0, 0.05) is 13.2 Å². The molecule has 0 spiro atoms. The van der Waals surface area contributed by atoms with Crippen molar-refractivity contribution in [3.63, 3.8) is 0 Å². The van der Waals surface area contributed by atoms with Crippen LogP contribution in [0.2, 0.25) is 0 Å². The molecular formula is C15H19N3O3. The Hall–Kier alpha value is -2.34. The molecule has 6 nitrogen and oxygen atoms in total. The molecule has 0 aliphatic rings. The number of nitrogens with one attached hydrogen (secondary N) is 1. The highest BCUT2D eigenvalue weighted by Gasteiger charge is 2.15. The lowest BCUT2D eigenvalue weighted by atomic mass is 10.1. The van der Waals surface area contributed by atoms with Crippen molar-refractivity contribution in [2.75, 3.05) is 25.6 Å². The molecule has 0 aliphatic carbocycles. The Balaban J connectivity index is 2.33. The Morgan fingerprint density at radius 1 is 1.24 bits per heavy atom. The van der Waals surface area contributed by atoms with Crippen LogP contribution < -0.4 is 14.8 Å². The molecule has 6 heteroatoms. The summed E-state index contributed by atoms with van der Waals surface area (Å²) in [6.07, 6.45) is 1.94. The minimum Gasteiger partial charge on any atom is -0.489 e. The molecule has 21 heavy (non-hydrogen) atoms. The Labute approximate surface area is 123 Å². The molecule has 0 amide bonds. The summed E-state index contributed by atoms with van der Waals surface area (Å²) >= 11 is 0. The zero-order valence-electron chi connectivity index (χ0n) is 12.2. The van der Waals surface area contributed by atoms with E-state index in [0.717, 1.165) is 5.56 Å². The molecule has 0 fully saturated rings. The Kier molecular flexibility index (Phi) is 5.34. The maximum atomic E-state index is 9.11. The van der Waals surface area contributed by atoms with E-state index in [4.69, 9.17) is 14.6 Å². The Bertz CT molecular complexity index is 590. The molecule has 0 unspecified atom stereocenters. The summed E-state index contributed by atoms with van der Waals surface area (Å²) in [5.74, 6) is 2.03. The van der Waals surface area contributed by atoms with E-state index in [0.29, 0.717) is 36.2 Å². The summed E-state index contributed by atoms with van der Waals surface area (Å²) in [6, 6.07) is 7.51. The van der Waals surface area contributed by atoms with Crippen LogP contribution in [0.25, 0.3) is 0 Å². The fourth-order valence-corrected chi connectivity index (χ4v) is 1.94. The number of methoxy groups -OCH3 is 1. The molecule has 1 aromatic heterocycles. The van der Waals surface area contributed by atoms with Crippen LogP contribution in [-0.4, -0.2) is 35.3 Å². The second-order valence-corrected chi connectivity index (χ2v) is 4.27. The first kappa shape index (κ1) is 15.1. The van der Waals surface area contributed by atoms with Gasteiger partial charge in [-0.1, -0.05) is 18.2 Å². The van der Waals surface area contributed by atoms with E-state index in [-0.39, 0.29) is 6.61 Å². The van der Waals surface area contributed by atoms with Gasteiger partial charge in [0.1, 0.15) is 12.1 Å². The van der Waals surface area contributed by atoms with Crippen molar-refractivity contribution in [3.8, 4) is 17.4 Å². The van der Waals surface area contributed by atoms with E-state index in [1.54, 1.807) is 7.11 Å². The van der Waals surface area contributed by atoms with Crippen LogP contribution in [-0.2, 0) is 6.42 Å². The number of hydrogen-bond donors (Lipinski definition) is 2. The quantitative estimate of drug-likeness (QED) is 0.814. The molecule has 1 heterocycles. The summed E-state index contributed by atoms with van der Waals surface area (Å²) in [5, 5.41) is 12.2. The summed E-state index contributed by atoms with van der Waals surface area (Å²) < 4.78 is 11.2. The van der Waals surface area contributed by atoms with Gasteiger partial charge in [0.05, 0.1) is 7.11 Å². The number of hydrogen-bond acceptors (Lipinski definition) is 6. The van der Waals surface area contributed by atoms with Crippen LogP contribution in [0.1, 0.15) is 12.5 Å². The Morgan fingerprint density at radius 3 is 2.76 bits per heavy atom. The maximum absolute atomic E-state index is 9.11. The van der Waals surface area contributed by atoms with Crippen molar-refractivity contribution >= 4 is 5.82 Å². The van der Waals surface area contributed by atoms with E-state index < -0.39 is 0 Å². The standard InChI is InChI=1S/C15H19N3O3/c1-3-16-14-13(20-2)15(18-10-17-14)21-12-7-5-4-6-11(12)8-9-19/h4-7,10,19H,3,8-9H2,1-2H3,(H,16,17,18). The van der Waals surface area contributed by atoms with Gasteiger partial charge < -0.3 is 19.9 Å². The third-order valence-corrected chi connectivity index (χ3v) is 2.88. The highest BCUT2D eigenvalue weighted by atomic mass is 16.5. The van der Waals surface area contributed by atoms with Gasteiger partial charge in [-0.3, -0.25) is 0 Å². The number of aliphatic hydroxyl groups excluding tert-OH is 1. The normalized spacial score (nSPS) is 10.2. The van der Waals surface area contributed by atoms with Gasteiger partial charge in [0.25, 0.3) is 5.88 Å². The first-order chi connectivity index (χ1) is 10.3. The fourth-order valence-electron chi connectivity index (χ4n) is 1.94. The summed E-state index contributed by atoms with van der Waals surface area (Å²) in [7, 11) is 1.55. The van der Waals surface area contributed by atoms with Crippen LogP contribution in [0.4, 0.5) is 5.82 Å². The van der Waals surface area contributed by atoms with Crippen molar-refractivity contribution in [2.45, 2.75) is 13.3 Å². The van der Waals surface area contributed by atoms with Gasteiger partial charge in [-0.2, -0.15) is 4.98 Å². The van der Waals surface area contributed by atoms with Crippen molar-refractivity contribution < 1.29 is 14.6 Å². The first-order valence-electron chi connectivity index (χ1n) is 6.79. The number of nitrogens with zero attached hydrogens (tertiary/aromatic N) is 2. The third kappa shape index (κ3) is 3.61. The number of aliphatic hydroxyl groups is 1. The lowest BCUT2D eigenvalue weighted by molar-refractivity contribution is 0.297. The number of anilines is 1. The van der Waals surface area contributed by atoms with Gasteiger partial charge >= 0.3 is 0 Å². The van der Waals surface area contributed by atoms with E-state index >= 15 is 0 Å². The van der Waals surface area contributed by atoms with Gasteiger partial charge in [-0.15, -0.1) is 0 Å². The molecule has 0 aliphatic heterocycles. The number of ether oxygens (including phenoxy) is 2. The van der Waals surface area contributed by atoms with Crippen LogP contribution in [0, 0.1) is 0 Å². The zero-order chi connectivity index (χ0) is 15.1. The van der Waals surface area contributed by atoms with Gasteiger partial charge in [-0.05, 0) is 25.0 Å². The lowest BCUT2D eigenvalue weighted by Gasteiger charge is -2.14. The second kappa shape index (κ2) is 7.44. The third-order valence-electron chi connectivity index (χ3n) is 2.88. The molecule has 0 bridgehead atoms. The van der Waals surface area contributed by atoms with Crippen molar-refractivity contribution in [1.82, 2.24) is 9.97 Å². The molecule has 0 atom stereocenters. The zero-order valence-corrected chi connectivity index (χ0v) is 12.2. The highest BCUT2D eigenvalue weighted by molar-refractivity contribution is 5.56. The predicted molar refractivity (Wildman–Crippen MR) is 80.1 cm³/mol. The molecule has 0 saturated heterocycles. The van der Waals surface area contributed by atoms with E-state index in [2.05, 4.69) is 15.3 Å². The molecule has 2 N–H and O–H groups in total. The average Bonchev–Trinajstić information content (AvgIpc) is 2.50. The highest BCUT2D eigenvalue weighted by Crippen LogP contribution is 2.35. The molecule has 2 aromatic rings. The van der Waals surface area contributed by atoms with Crippen molar-refractivity contribution in [1.29, 1.82) is 0 Å². The minimum atomic E-state index is 0.0594. The van der Waals surface area contributed by atoms with Gasteiger partial charge in [0.15, 0.2) is 5.82 Å². The van der Waals surface area contributed by atoms with Crippen LogP contribution in [0.5, 0.6) is 17.4 Å². The first-order valence-corrected chi connectivity index (χ1v) is 6.79. The maximum Gasteiger partial charge on any atom is 0.268 e. The summed E-state index contributed by atoms with van der Waals surface area (Å²) in [6.45, 7) is 2.75. The summed E-state index contributed by atoms with van der Waals surface area (Å²) in [5.41, 5.74) is 0.908. The largest absolute Gasteiger partial charge is 0.489 e. The molecule has 112 valence electrons. The number of benzene rings is 1. The monoisotopic (exact) mass is 289 g/mol. The van der Waals surface area contributed by atoms with Gasteiger partial charge in [-0.25, -0.2) is 4.98 Å². The van der Waals surface area contributed by atoms with Gasteiger partial charge in [0.2, 0.25) is 5.75 Å². The number of aromatic nitrogens is 2. The SMILES string of the molecule is CCNc1ncnc(Oc2ccccc2CCO)c1OC. The predicted octanol–water partition coefficient (Wildman–Crippen LogP) is 2.24. The number of para-hydroxylation sites is 1. The molecule has 0 saturated carbocycles. The van der Waals surface area contributed by atoms with Crippen molar-refractivity contribution in [3.05, 3.63) is 36.2 Å². The smallest absolute Gasteiger partial charge is 0.268 e. The fraction of sp³-hybridized carbons (Fsp3) is 0.333. The second-order valence-electron chi connectivity index (χ2n) is 4.27. The van der Waals surface area contributed by atoms with Crippen molar-refractivity contribution in [2.24, 2.45) is 0 Å². The molecule has 1 aromatic carbocycles. The van der Waals surface area contributed by atoms with Crippen LogP contribution in [0.15, 0.2) is 30.6 Å². The van der Waals surface area contributed by atoms with E-state index in [1.807, 2.05) is 31.2 Å². The lowest BCUT2D eigenvalue weighted by Crippen LogP contribution is -2.05. The van der Waals surface area contributed by atoms with Crippen LogP contribution >= 0.6 is 0 Å². The molecular weight excluding hydrogens is 270 g/mol. The van der Waals surface area contributed by atoms with E-state index in [9.17, 15) is 0 Å². The van der Waals surface area contributed by atoms with E-state index in [1.165, 1.54) is 6.33 Å². The average molecular weight is 289 g/mol. The molecule has 0 radical (unpaired) electrons.